The smallest absolute Gasteiger partial charge is 0.254 e. The average molecular weight is 477 g/mol. The van der Waals surface area contributed by atoms with Gasteiger partial charge in [-0.25, -0.2) is 4.39 Å². The quantitative estimate of drug-likeness (QED) is 0.413. The molecule has 36 heavy (non-hydrogen) atoms. The lowest BCUT2D eigenvalue weighted by molar-refractivity contribution is 0.0575. The van der Waals surface area contributed by atoms with Gasteiger partial charge >= 0.3 is 0 Å². The third-order valence-corrected chi connectivity index (χ3v) is 7.62. The summed E-state index contributed by atoms with van der Waals surface area (Å²) < 4.78 is 14.7. The summed E-state index contributed by atoms with van der Waals surface area (Å²) in [5.74, 6) is -0.578. The topological polar surface area (TPSA) is 83.0 Å². The Hall–Kier alpha value is -4.08. The second-order valence-electron chi connectivity index (χ2n) is 9.83. The third kappa shape index (κ3) is 3.82. The zero-order chi connectivity index (χ0) is 24.8. The van der Waals surface area contributed by atoms with E-state index in [2.05, 4.69) is 11.1 Å². The number of benzene rings is 3. The first-order valence-corrected chi connectivity index (χ1v) is 12.3. The summed E-state index contributed by atoms with van der Waals surface area (Å²) in [6.07, 6.45) is 7.21. The van der Waals surface area contributed by atoms with Crippen LogP contribution in [0.2, 0.25) is 0 Å². The number of rotatable bonds is 3. The van der Waals surface area contributed by atoms with E-state index in [4.69, 9.17) is 5.73 Å². The number of fused-ring (bicyclic) bond motifs is 3. The molecular weight excluding hydrogens is 451 g/mol. The van der Waals surface area contributed by atoms with Crippen LogP contribution in [0.15, 0.2) is 73.1 Å². The molecule has 0 spiro atoms. The van der Waals surface area contributed by atoms with Crippen LogP contribution in [0.4, 0.5) is 4.39 Å². The maximum atomic E-state index is 14.7. The van der Waals surface area contributed by atoms with Crippen LogP contribution in [-0.4, -0.2) is 33.9 Å². The zero-order valence-corrected chi connectivity index (χ0v) is 19.7. The molecular formula is C30H25FN4O. The number of hydrogen-bond donors (Lipinski definition) is 1. The van der Waals surface area contributed by atoms with Crippen molar-refractivity contribution in [2.24, 2.45) is 5.73 Å². The molecule has 2 unspecified atom stereocenters. The lowest BCUT2D eigenvalue weighted by atomic mass is 9.90. The Labute approximate surface area is 209 Å². The van der Waals surface area contributed by atoms with Crippen molar-refractivity contribution in [3.05, 3.63) is 90.0 Å². The zero-order valence-electron chi connectivity index (χ0n) is 19.7. The van der Waals surface area contributed by atoms with Crippen LogP contribution in [0.1, 0.15) is 41.6 Å². The summed E-state index contributed by atoms with van der Waals surface area (Å²) in [7, 11) is 0. The highest BCUT2D eigenvalue weighted by molar-refractivity contribution is 5.99. The molecule has 1 aromatic heterocycles. The average Bonchev–Trinajstić information content (AvgIpc) is 3.18. The summed E-state index contributed by atoms with van der Waals surface area (Å²) in [6.45, 7) is 0. The van der Waals surface area contributed by atoms with Crippen LogP contribution in [0, 0.1) is 17.1 Å². The minimum atomic E-state index is -0.578. The van der Waals surface area contributed by atoms with Gasteiger partial charge in [0.05, 0.1) is 5.56 Å². The molecule has 2 aliphatic heterocycles. The fourth-order valence-corrected chi connectivity index (χ4v) is 5.89. The molecule has 6 rings (SSSR count). The second-order valence-corrected chi connectivity index (χ2v) is 9.83. The van der Waals surface area contributed by atoms with Crippen LogP contribution in [0.3, 0.4) is 0 Å². The van der Waals surface area contributed by atoms with E-state index < -0.39 is 5.82 Å². The number of nitrogens with zero attached hydrogens (tertiary/aromatic N) is 3. The first-order valence-electron chi connectivity index (χ1n) is 12.3. The molecule has 178 valence electrons. The highest BCUT2D eigenvalue weighted by Crippen LogP contribution is 2.39. The molecule has 6 heteroatoms. The number of pyridine rings is 1. The number of halogens is 1. The lowest BCUT2D eigenvalue weighted by Crippen LogP contribution is -2.50. The number of hydrogen-bond acceptors (Lipinski definition) is 4. The van der Waals surface area contributed by atoms with E-state index in [0.29, 0.717) is 11.1 Å². The number of carbonyl (C=O) groups excluding carboxylic acids is 1. The van der Waals surface area contributed by atoms with E-state index in [1.807, 2.05) is 53.6 Å². The number of piperidine rings is 1. The van der Waals surface area contributed by atoms with Crippen molar-refractivity contribution >= 4 is 16.7 Å². The standard InChI is InChI=1S/C30H25FN4O/c31-29-13-20(1-3-22(29)16-32)28-12-21(30(36)35-25-6-7-26(35)15-24(33)14-25)5-8-27(28)19-2-4-23-17-34-10-9-18(23)11-19/h1-5,8-13,17,24-26H,6-7,14-15,33H2. The molecule has 2 fully saturated rings. The Balaban J connectivity index is 1.47. The van der Waals surface area contributed by atoms with Gasteiger partial charge in [0.1, 0.15) is 11.9 Å². The van der Waals surface area contributed by atoms with Gasteiger partial charge in [-0.15, -0.1) is 0 Å². The molecule has 2 N–H and O–H groups in total. The van der Waals surface area contributed by atoms with Crippen LogP contribution in [-0.2, 0) is 0 Å². The largest absolute Gasteiger partial charge is 0.333 e. The summed E-state index contributed by atoms with van der Waals surface area (Å²) in [4.78, 5) is 19.9. The SMILES string of the molecule is N#Cc1ccc(-c2cc(C(=O)N3C4CCC3CC(N)C4)ccc2-c2ccc3cnccc3c2)cc1F. The van der Waals surface area contributed by atoms with Crippen LogP contribution in [0.5, 0.6) is 0 Å². The molecule has 3 heterocycles. The predicted octanol–water partition coefficient (Wildman–Crippen LogP) is 5.67. The van der Waals surface area contributed by atoms with Crippen molar-refractivity contribution in [2.75, 3.05) is 0 Å². The third-order valence-electron chi connectivity index (χ3n) is 7.62. The van der Waals surface area contributed by atoms with Gasteiger partial charge in [0.25, 0.3) is 5.91 Å². The normalized spacial score (nSPS) is 20.9. The van der Waals surface area contributed by atoms with Crippen LogP contribution in [0.25, 0.3) is 33.0 Å². The highest BCUT2D eigenvalue weighted by atomic mass is 19.1. The van der Waals surface area contributed by atoms with E-state index >= 15 is 0 Å². The van der Waals surface area contributed by atoms with Crippen LogP contribution >= 0.6 is 0 Å². The molecule has 2 saturated heterocycles. The molecule has 0 aliphatic carbocycles. The Morgan fingerprint density at radius 1 is 0.944 bits per heavy atom. The van der Waals surface area contributed by atoms with Crippen molar-refractivity contribution < 1.29 is 9.18 Å². The Bertz CT molecular complexity index is 1530. The predicted molar refractivity (Wildman–Crippen MR) is 137 cm³/mol. The van der Waals surface area contributed by atoms with Gasteiger partial charge in [0.2, 0.25) is 0 Å². The van der Waals surface area contributed by atoms with Gasteiger partial charge in [-0.2, -0.15) is 5.26 Å². The van der Waals surface area contributed by atoms with Crippen molar-refractivity contribution in [2.45, 2.75) is 43.8 Å². The van der Waals surface area contributed by atoms with Gasteiger partial charge in [-0.05, 0) is 89.7 Å². The molecule has 2 bridgehead atoms. The fraction of sp³-hybridized carbons (Fsp3) is 0.233. The molecule has 2 aliphatic rings. The first kappa shape index (κ1) is 22.4. The minimum absolute atomic E-state index is 0.000836. The van der Waals surface area contributed by atoms with Gasteiger partial charge in [0, 0.05) is 41.5 Å². The Kier molecular flexibility index (Phi) is 5.50. The van der Waals surface area contributed by atoms with Crippen molar-refractivity contribution in [3.63, 3.8) is 0 Å². The lowest BCUT2D eigenvalue weighted by Gasteiger charge is -2.38. The second kappa shape index (κ2) is 8.85. The van der Waals surface area contributed by atoms with Gasteiger partial charge in [0.15, 0.2) is 0 Å². The molecule has 2 atom stereocenters. The molecule has 0 saturated carbocycles. The number of nitriles is 1. The van der Waals surface area contributed by atoms with Gasteiger partial charge in [-0.3, -0.25) is 9.78 Å². The van der Waals surface area contributed by atoms with E-state index in [9.17, 15) is 14.4 Å². The summed E-state index contributed by atoms with van der Waals surface area (Å²) in [5.41, 5.74) is 10.0. The first-order chi connectivity index (χ1) is 17.5. The number of amides is 1. The van der Waals surface area contributed by atoms with E-state index in [1.165, 1.54) is 12.1 Å². The van der Waals surface area contributed by atoms with E-state index in [-0.39, 0.29) is 29.6 Å². The highest BCUT2D eigenvalue weighted by Gasteiger charge is 2.42. The maximum Gasteiger partial charge on any atom is 0.254 e. The number of nitrogens with two attached hydrogens (primary N) is 1. The summed E-state index contributed by atoms with van der Waals surface area (Å²) >= 11 is 0. The summed E-state index contributed by atoms with van der Waals surface area (Å²) in [6, 6.07) is 20.7. The van der Waals surface area contributed by atoms with Gasteiger partial charge in [-0.1, -0.05) is 24.3 Å². The Morgan fingerprint density at radius 2 is 1.69 bits per heavy atom. The van der Waals surface area contributed by atoms with Gasteiger partial charge < -0.3 is 10.6 Å². The van der Waals surface area contributed by atoms with Crippen molar-refractivity contribution in [1.29, 1.82) is 5.26 Å². The van der Waals surface area contributed by atoms with E-state index in [1.54, 1.807) is 12.3 Å². The fourth-order valence-electron chi connectivity index (χ4n) is 5.89. The minimum Gasteiger partial charge on any atom is -0.333 e. The monoisotopic (exact) mass is 476 g/mol. The number of carbonyl (C=O) groups is 1. The van der Waals surface area contributed by atoms with Crippen molar-refractivity contribution in [3.8, 4) is 28.3 Å². The van der Waals surface area contributed by atoms with Crippen LogP contribution < -0.4 is 5.73 Å². The molecule has 3 aromatic carbocycles. The molecule has 5 nitrogen and oxygen atoms in total. The number of aromatic nitrogens is 1. The van der Waals surface area contributed by atoms with Crippen molar-refractivity contribution in [1.82, 2.24) is 9.88 Å². The Morgan fingerprint density at radius 3 is 2.44 bits per heavy atom. The maximum absolute atomic E-state index is 14.7. The summed E-state index contributed by atoms with van der Waals surface area (Å²) in [5, 5.41) is 11.3. The molecule has 1 amide bonds. The van der Waals surface area contributed by atoms with E-state index in [0.717, 1.165) is 53.1 Å². The molecule has 0 radical (unpaired) electrons. The molecule has 4 aromatic rings.